The lowest BCUT2D eigenvalue weighted by molar-refractivity contribution is 0.0899. The van der Waals surface area contributed by atoms with Crippen molar-refractivity contribution in [2.24, 2.45) is 0 Å². The van der Waals surface area contributed by atoms with E-state index in [0.717, 1.165) is 17.7 Å². The van der Waals surface area contributed by atoms with Crippen molar-refractivity contribution in [1.82, 2.24) is 4.90 Å². The van der Waals surface area contributed by atoms with Gasteiger partial charge in [-0.05, 0) is 38.3 Å². The summed E-state index contributed by atoms with van der Waals surface area (Å²) < 4.78 is 0. The summed E-state index contributed by atoms with van der Waals surface area (Å²) in [5.41, 5.74) is 1.94. The van der Waals surface area contributed by atoms with Crippen LogP contribution in [0.4, 0.5) is 0 Å². The first-order valence-corrected chi connectivity index (χ1v) is 7.80. The molecule has 0 spiro atoms. The molecule has 0 N–H and O–H groups in total. The second-order valence-corrected chi connectivity index (χ2v) is 6.40. The Labute approximate surface area is 125 Å². The molecule has 106 valence electrons. The molecule has 0 unspecified atom stereocenters. The van der Waals surface area contributed by atoms with Crippen molar-refractivity contribution < 1.29 is 4.79 Å². The van der Waals surface area contributed by atoms with E-state index in [4.69, 9.17) is 0 Å². The van der Waals surface area contributed by atoms with E-state index in [2.05, 4.69) is 36.3 Å². The van der Waals surface area contributed by atoms with Crippen LogP contribution in [0.1, 0.15) is 34.6 Å². The Morgan fingerprint density at radius 1 is 1.25 bits per heavy atom. The fourth-order valence-electron chi connectivity index (χ4n) is 2.12. The third-order valence-corrected chi connectivity index (χ3v) is 4.22. The smallest absolute Gasteiger partial charge is 0.176 e. The molecule has 0 aliphatic carbocycles. The minimum absolute atomic E-state index is 0.193. The molecule has 3 heteroatoms. The Hall–Kier alpha value is -1.45. The Morgan fingerprint density at radius 2 is 2.05 bits per heavy atom. The average Bonchev–Trinajstić information content (AvgIpc) is 2.90. The molecule has 1 heterocycles. The Kier molecular flexibility index (Phi) is 5.10. The number of hydrogen-bond donors (Lipinski definition) is 0. The van der Waals surface area contributed by atoms with Crippen LogP contribution in [0.15, 0.2) is 41.8 Å². The van der Waals surface area contributed by atoms with E-state index in [1.807, 2.05) is 31.2 Å². The van der Waals surface area contributed by atoms with E-state index in [-0.39, 0.29) is 5.78 Å². The molecule has 0 fully saturated rings. The van der Waals surface area contributed by atoms with Gasteiger partial charge in [-0.25, -0.2) is 0 Å². The largest absolute Gasteiger partial charge is 0.293 e. The third kappa shape index (κ3) is 4.02. The third-order valence-electron chi connectivity index (χ3n) is 3.36. The fraction of sp³-hybridized carbons (Fsp3) is 0.353. The summed E-state index contributed by atoms with van der Waals surface area (Å²) in [6.07, 6.45) is 0. The molecular weight excluding hydrogens is 266 g/mol. The summed E-state index contributed by atoms with van der Waals surface area (Å²) in [6.45, 7) is 7.60. The second-order valence-electron chi connectivity index (χ2n) is 5.37. The second kappa shape index (κ2) is 6.82. The van der Waals surface area contributed by atoms with Crippen LogP contribution in [0.5, 0.6) is 0 Å². The number of nitrogens with zero attached hydrogens (tertiary/aromatic N) is 1. The molecule has 0 saturated heterocycles. The summed E-state index contributed by atoms with van der Waals surface area (Å²) in [7, 11) is 0. The maximum absolute atomic E-state index is 12.4. The lowest BCUT2D eigenvalue weighted by atomic mass is 10.1. The average molecular weight is 287 g/mol. The number of benzene rings is 1. The summed E-state index contributed by atoms with van der Waals surface area (Å²) in [5.74, 6) is 0.193. The molecule has 0 atom stereocenters. The van der Waals surface area contributed by atoms with Crippen LogP contribution in [-0.2, 0) is 6.54 Å². The van der Waals surface area contributed by atoms with Crippen LogP contribution in [-0.4, -0.2) is 23.3 Å². The molecular formula is C17H21NOS. The molecule has 0 saturated carbocycles. The summed E-state index contributed by atoms with van der Waals surface area (Å²) in [4.78, 5) is 15.9. The monoisotopic (exact) mass is 287 g/mol. The molecule has 2 aromatic rings. The quantitative estimate of drug-likeness (QED) is 0.744. The van der Waals surface area contributed by atoms with Crippen molar-refractivity contribution in [3.8, 4) is 0 Å². The Morgan fingerprint density at radius 3 is 2.65 bits per heavy atom. The number of hydrogen-bond acceptors (Lipinski definition) is 3. The fourth-order valence-corrected chi connectivity index (χ4v) is 2.85. The van der Waals surface area contributed by atoms with Crippen molar-refractivity contribution in [2.75, 3.05) is 6.54 Å². The summed E-state index contributed by atoms with van der Waals surface area (Å²) >= 11 is 1.74. The van der Waals surface area contributed by atoms with Gasteiger partial charge in [0.05, 0.1) is 6.54 Å². The van der Waals surface area contributed by atoms with Crippen molar-refractivity contribution in [3.05, 3.63) is 57.8 Å². The number of Topliss-reactive ketones (excluding diaryl/α,β-unsaturated/α-hetero) is 1. The van der Waals surface area contributed by atoms with E-state index in [9.17, 15) is 4.79 Å². The topological polar surface area (TPSA) is 20.3 Å². The van der Waals surface area contributed by atoms with Crippen molar-refractivity contribution in [2.45, 2.75) is 33.4 Å². The highest BCUT2D eigenvalue weighted by molar-refractivity contribution is 7.09. The minimum atomic E-state index is 0.193. The highest BCUT2D eigenvalue weighted by atomic mass is 32.1. The predicted octanol–water partition coefficient (Wildman–Crippen LogP) is 4.15. The molecule has 1 aromatic carbocycles. The maximum atomic E-state index is 12.4. The molecule has 0 amide bonds. The van der Waals surface area contributed by atoms with E-state index in [1.165, 1.54) is 4.88 Å². The zero-order valence-electron chi connectivity index (χ0n) is 12.3. The molecule has 0 aliphatic heterocycles. The Bertz CT molecular complexity index is 560. The zero-order valence-corrected chi connectivity index (χ0v) is 13.1. The van der Waals surface area contributed by atoms with Crippen molar-refractivity contribution in [3.63, 3.8) is 0 Å². The molecule has 2 rings (SSSR count). The van der Waals surface area contributed by atoms with Gasteiger partial charge in [-0.15, -0.1) is 11.3 Å². The Balaban J connectivity index is 2.06. The highest BCUT2D eigenvalue weighted by Gasteiger charge is 2.16. The van der Waals surface area contributed by atoms with Crippen LogP contribution in [0.25, 0.3) is 0 Å². The van der Waals surface area contributed by atoms with Crippen LogP contribution in [0, 0.1) is 6.92 Å². The van der Waals surface area contributed by atoms with Gasteiger partial charge in [-0.2, -0.15) is 0 Å². The summed E-state index contributed by atoms with van der Waals surface area (Å²) in [5, 5.41) is 2.08. The van der Waals surface area contributed by atoms with Crippen molar-refractivity contribution >= 4 is 17.1 Å². The number of ketones is 1. The van der Waals surface area contributed by atoms with Crippen LogP contribution >= 0.6 is 11.3 Å². The van der Waals surface area contributed by atoms with Crippen LogP contribution < -0.4 is 0 Å². The first-order valence-electron chi connectivity index (χ1n) is 6.92. The lowest BCUT2D eigenvalue weighted by Gasteiger charge is -2.25. The van der Waals surface area contributed by atoms with Crippen LogP contribution in [0.3, 0.4) is 0 Å². The SMILES string of the molecule is Cc1cccc(C(=O)CN(Cc2cccs2)C(C)C)c1. The van der Waals surface area contributed by atoms with Gasteiger partial charge >= 0.3 is 0 Å². The molecule has 1 aromatic heterocycles. The molecule has 20 heavy (non-hydrogen) atoms. The first-order chi connectivity index (χ1) is 9.56. The minimum Gasteiger partial charge on any atom is -0.293 e. The highest BCUT2D eigenvalue weighted by Crippen LogP contribution is 2.15. The summed E-state index contributed by atoms with van der Waals surface area (Å²) in [6, 6.07) is 12.4. The van der Waals surface area contributed by atoms with Gasteiger partial charge in [0.2, 0.25) is 0 Å². The van der Waals surface area contributed by atoms with Gasteiger partial charge in [-0.3, -0.25) is 9.69 Å². The van der Waals surface area contributed by atoms with Gasteiger partial charge < -0.3 is 0 Å². The van der Waals surface area contributed by atoms with Gasteiger partial charge in [0.1, 0.15) is 0 Å². The molecule has 0 bridgehead atoms. The van der Waals surface area contributed by atoms with E-state index in [1.54, 1.807) is 11.3 Å². The normalized spacial score (nSPS) is 11.2. The van der Waals surface area contributed by atoms with Crippen molar-refractivity contribution in [1.29, 1.82) is 0 Å². The number of carbonyl (C=O) groups is 1. The predicted molar refractivity (Wildman–Crippen MR) is 85.4 cm³/mol. The van der Waals surface area contributed by atoms with Gasteiger partial charge in [0.25, 0.3) is 0 Å². The maximum Gasteiger partial charge on any atom is 0.176 e. The number of carbonyl (C=O) groups excluding carboxylic acids is 1. The number of aryl methyl sites for hydroxylation is 1. The van der Waals surface area contributed by atoms with Crippen LogP contribution in [0.2, 0.25) is 0 Å². The molecule has 0 radical (unpaired) electrons. The lowest BCUT2D eigenvalue weighted by Crippen LogP contribution is -2.35. The zero-order chi connectivity index (χ0) is 14.5. The van der Waals surface area contributed by atoms with E-state index >= 15 is 0 Å². The van der Waals surface area contributed by atoms with E-state index < -0.39 is 0 Å². The number of rotatable bonds is 6. The molecule has 0 aliphatic rings. The van der Waals surface area contributed by atoms with Gasteiger partial charge in [-0.1, -0.05) is 29.8 Å². The van der Waals surface area contributed by atoms with E-state index in [0.29, 0.717) is 12.6 Å². The molecule has 2 nitrogen and oxygen atoms in total. The standard InChI is InChI=1S/C17H21NOS/c1-13(2)18(11-16-8-5-9-20-16)12-17(19)15-7-4-6-14(3)10-15/h4-10,13H,11-12H2,1-3H3. The van der Waals surface area contributed by atoms with Gasteiger partial charge in [0, 0.05) is 23.0 Å². The number of thiophene rings is 1. The first kappa shape index (κ1) is 14.9. The van der Waals surface area contributed by atoms with Gasteiger partial charge in [0.15, 0.2) is 5.78 Å².